The Bertz CT molecular complexity index is 848. The molecule has 2 aromatic heterocycles. The van der Waals surface area contributed by atoms with Crippen LogP contribution in [0.1, 0.15) is 62.8 Å². The number of aromatic nitrogens is 3. The minimum Gasteiger partial charge on any atom is -0.395 e. The van der Waals surface area contributed by atoms with Crippen LogP contribution in [-0.2, 0) is 23.8 Å². The predicted octanol–water partition coefficient (Wildman–Crippen LogP) is 3.05. The zero-order chi connectivity index (χ0) is 20.5. The number of anilines is 1. The largest absolute Gasteiger partial charge is 0.395 e. The number of likely N-dealkylation sites (tertiary alicyclic amines) is 1. The van der Waals surface area contributed by atoms with Gasteiger partial charge < -0.3 is 10.4 Å². The Kier molecular flexibility index (Phi) is 5.58. The first-order valence-electron chi connectivity index (χ1n) is 10.8. The van der Waals surface area contributed by atoms with Gasteiger partial charge in [-0.1, -0.05) is 26.8 Å². The Labute approximate surface area is 173 Å². The number of hydrogen-bond acceptors (Lipinski definition) is 6. The maximum atomic E-state index is 9.30. The van der Waals surface area contributed by atoms with Gasteiger partial charge in [-0.25, -0.2) is 9.97 Å². The van der Waals surface area contributed by atoms with E-state index >= 15 is 0 Å². The molecule has 0 radical (unpaired) electrons. The smallest absolute Gasteiger partial charge is 0.136 e. The van der Waals surface area contributed by atoms with E-state index in [9.17, 15) is 5.11 Å². The summed E-state index contributed by atoms with van der Waals surface area (Å²) < 4.78 is 0. The highest BCUT2D eigenvalue weighted by molar-refractivity contribution is 5.53. The standard InChI is InChI=1S/C23H33N5O/c1-22(2,3)21-26-19-18(20(27-21)25-12-14-29)8-10-23(19)9-6-13-28(16-23)15-17-7-4-5-11-24-17/h4-5,7,11,29H,6,8-10,12-16H2,1-3H3,(H,25,26,27). The van der Waals surface area contributed by atoms with Gasteiger partial charge in [0.2, 0.25) is 0 Å². The summed E-state index contributed by atoms with van der Waals surface area (Å²) in [6, 6.07) is 6.15. The van der Waals surface area contributed by atoms with Crippen LogP contribution in [0.5, 0.6) is 0 Å². The molecule has 3 heterocycles. The van der Waals surface area contributed by atoms with E-state index in [2.05, 4.69) is 48.1 Å². The van der Waals surface area contributed by atoms with Gasteiger partial charge in [-0.3, -0.25) is 9.88 Å². The third-order valence-corrected chi connectivity index (χ3v) is 6.21. The van der Waals surface area contributed by atoms with Gasteiger partial charge in [-0.15, -0.1) is 0 Å². The molecule has 2 aromatic rings. The molecule has 29 heavy (non-hydrogen) atoms. The number of aliphatic hydroxyl groups is 1. The zero-order valence-electron chi connectivity index (χ0n) is 17.9. The van der Waals surface area contributed by atoms with E-state index < -0.39 is 0 Å². The van der Waals surface area contributed by atoms with E-state index in [1.807, 2.05) is 12.3 Å². The molecule has 4 rings (SSSR count). The van der Waals surface area contributed by atoms with Crippen molar-refractivity contribution in [1.29, 1.82) is 0 Å². The minimum absolute atomic E-state index is 0.0982. The Hall–Kier alpha value is -2.05. The lowest BCUT2D eigenvalue weighted by Gasteiger charge is -2.40. The molecule has 0 amide bonds. The molecule has 6 heteroatoms. The highest BCUT2D eigenvalue weighted by Crippen LogP contribution is 2.46. The molecule has 0 bridgehead atoms. The summed E-state index contributed by atoms with van der Waals surface area (Å²) in [5.74, 6) is 1.81. The van der Waals surface area contributed by atoms with E-state index in [0.717, 1.165) is 49.8 Å². The number of aliphatic hydroxyl groups excluding tert-OH is 1. The second kappa shape index (κ2) is 8.00. The van der Waals surface area contributed by atoms with Crippen LogP contribution < -0.4 is 5.32 Å². The molecule has 0 saturated carbocycles. The number of piperidine rings is 1. The molecule has 1 unspecified atom stereocenters. The van der Waals surface area contributed by atoms with Crippen LogP contribution in [0.4, 0.5) is 5.82 Å². The molecular weight excluding hydrogens is 362 g/mol. The van der Waals surface area contributed by atoms with Crippen LogP contribution in [0.15, 0.2) is 24.4 Å². The van der Waals surface area contributed by atoms with Crippen LogP contribution in [0, 0.1) is 0 Å². The van der Waals surface area contributed by atoms with E-state index in [0.29, 0.717) is 6.54 Å². The fraction of sp³-hybridized carbons (Fsp3) is 0.609. The van der Waals surface area contributed by atoms with Gasteiger partial charge in [-0.2, -0.15) is 0 Å². The van der Waals surface area contributed by atoms with Crippen LogP contribution in [0.2, 0.25) is 0 Å². The molecule has 2 aliphatic rings. The molecule has 1 aliphatic heterocycles. The topological polar surface area (TPSA) is 74.2 Å². The van der Waals surface area contributed by atoms with Crippen molar-refractivity contribution in [3.8, 4) is 0 Å². The second-order valence-corrected chi connectivity index (χ2v) is 9.54. The Morgan fingerprint density at radius 2 is 2.07 bits per heavy atom. The van der Waals surface area contributed by atoms with Gasteiger partial charge in [0.1, 0.15) is 11.6 Å². The number of nitrogens with zero attached hydrogens (tertiary/aromatic N) is 4. The van der Waals surface area contributed by atoms with Crippen molar-refractivity contribution in [2.24, 2.45) is 0 Å². The van der Waals surface area contributed by atoms with Crippen LogP contribution >= 0.6 is 0 Å². The van der Waals surface area contributed by atoms with Crippen LogP contribution in [0.25, 0.3) is 0 Å². The maximum Gasteiger partial charge on any atom is 0.136 e. The highest BCUT2D eigenvalue weighted by atomic mass is 16.3. The van der Waals surface area contributed by atoms with Crippen molar-refractivity contribution in [1.82, 2.24) is 19.9 Å². The van der Waals surface area contributed by atoms with Crippen molar-refractivity contribution in [3.63, 3.8) is 0 Å². The summed E-state index contributed by atoms with van der Waals surface area (Å²) in [7, 11) is 0. The number of rotatable bonds is 5. The first-order valence-corrected chi connectivity index (χ1v) is 10.8. The summed E-state index contributed by atoms with van der Waals surface area (Å²) in [6.45, 7) is 10.2. The van der Waals surface area contributed by atoms with E-state index in [-0.39, 0.29) is 17.4 Å². The summed E-state index contributed by atoms with van der Waals surface area (Å²) in [5, 5.41) is 12.7. The second-order valence-electron chi connectivity index (χ2n) is 9.54. The molecule has 1 aliphatic carbocycles. The van der Waals surface area contributed by atoms with E-state index in [1.165, 1.54) is 24.1 Å². The highest BCUT2D eigenvalue weighted by Gasteiger charge is 2.45. The van der Waals surface area contributed by atoms with Crippen LogP contribution in [-0.4, -0.2) is 51.2 Å². The molecule has 1 spiro atoms. The van der Waals surface area contributed by atoms with Gasteiger partial charge in [0.25, 0.3) is 0 Å². The van der Waals surface area contributed by atoms with Gasteiger partial charge in [0, 0.05) is 42.2 Å². The third-order valence-electron chi connectivity index (χ3n) is 6.21. The predicted molar refractivity (Wildman–Crippen MR) is 115 cm³/mol. The quantitative estimate of drug-likeness (QED) is 0.811. The summed E-state index contributed by atoms with van der Waals surface area (Å²) >= 11 is 0. The van der Waals surface area contributed by atoms with Crippen molar-refractivity contribution in [3.05, 3.63) is 47.2 Å². The van der Waals surface area contributed by atoms with Crippen molar-refractivity contribution in [2.45, 2.75) is 63.8 Å². The average Bonchev–Trinajstić information content (AvgIpc) is 3.04. The molecule has 6 nitrogen and oxygen atoms in total. The SMILES string of the molecule is CC(C)(C)c1nc(NCCO)c2c(n1)C1(CCCN(Cc3ccccn3)C1)CC2. The average molecular weight is 396 g/mol. The van der Waals surface area contributed by atoms with Crippen LogP contribution in [0.3, 0.4) is 0 Å². The Morgan fingerprint density at radius 1 is 1.21 bits per heavy atom. The van der Waals surface area contributed by atoms with E-state index in [4.69, 9.17) is 9.97 Å². The lowest BCUT2D eigenvalue weighted by Crippen LogP contribution is -2.45. The first kappa shape index (κ1) is 20.2. The molecule has 2 N–H and O–H groups in total. The Morgan fingerprint density at radius 3 is 2.79 bits per heavy atom. The number of hydrogen-bond donors (Lipinski definition) is 2. The molecule has 1 saturated heterocycles. The molecule has 1 fully saturated rings. The maximum absolute atomic E-state index is 9.30. The Balaban J connectivity index is 1.66. The zero-order valence-corrected chi connectivity index (χ0v) is 17.9. The minimum atomic E-state index is -0.114. The van der Waals surface area contributed by atoms with Gasteiger partial charge in [0.15, 0.2) is 0 Å². The molecule has 0 aromatic carbocycles. The number of pyridine rings is 1. The molecule has 156 valence electrons. The summed E-state index contributed by atoms with van der Waals surface area (Å²) in [4.78, 5) is 17.1. The lowest BCUT2D eigenvalue weighted by molar-refractivity contribution is 0.135. The lowest BCUT2D eigenvalue weighted by atomic mass is 9.77. The normalized spacial score (nSPS) is 22.1. The fourth-order valence-electron chi connectivity index (χ4n) is 4.78. The number of nitrogens with one attached hydrogen (secondary N) is 1. The van der Waals surface area contributed by atoms with E-state index in [1.54, 1.807) is 0 Å². The van der Waals surface area contributed by atoms with Crippen molar-refractivity contribution < 1.29 is 5.11 Å². The van der Waals surface area contributed by atoms with Gasteiger partial charge in [0.05, 0.1) is 18.0 Å². The fourth-order valence-corrected chi connectivity index (χ4v) is 4.78. The first-order chi connectivity index (χ1) is 13.9. The molecule has 1 atom stereocenters. The van der Waals surface area contributed by atoms with Gasteiger partial charge in [-0.05, 0) is 44.4 Å². The van der Waals surface area contributed by atoms with Gasteiger partial charge >= 0.3 is 0 Å². The summed E-state index contributed by atoms with van der Waals surface area (Å²) in [6.07, 6.45) is 6.36. The number of fused-ring (bicyclic) bond motifs is 2. The third kappa shape index (κ3) is 4.14. The van der Waals surface area contributed by atoms with Crippen molar-refractivity contribution in [2.75, 3.05) is 31.6 Å². The van der Waals surface area contributed by atoms with Crippen molar-refractivity contribution >= 4 is 5.82 Å². The molecular formula is C23H33N5O. The summed E-state index contributed by atoms with van der Waals surface area (Å²) in [5.41, 5.74) is 3.61. The monoisotopic (exact) mass is 395 g/mol.